The van der Waals surface area contributed by atoms with Gasteiger partial charge in [0, 0.05) is 16.8 Å². The average Bonchev–Trinajstić information content (AvgIpc) is 2.94. The van der Waals surface area contributed by atoms with Crippen LogP contribution in [0.5, 0.6) is 5.75 Å². The Morgan fingerprint density at radius 3 is 2.61 bits per heavy atom. The van der Waals surface area contributed by atoms with E-state index in [2.05, 4.69) is 30.5 Å². The molecular weight excluding hydrogens is 242 g/mol. The van der Waals surface area contributed by atoms with E-state index >= 15 is 0 Å². The zero-order chi connectivity index (χ0) is 13.0. The summed E-state index contributed by atoms with van der Waals surface area (Å²) < 4.78 is 5.42. The van der Waals surface area contributed by atoms with Crippen LogP contribution in [0.15, 0.2) is 41.8 Å². The molecule has 0 saturated heterocycles. The largest absolute Gasteiger partial charge is 0.496 e. The fourth-order valence-electron chi connectivity index (χ4n) is 2.15. The number of thiophene rings is 1. The van der Waals surface area contributed by atoms with E-state index in [0.29, 0.717) is 6.54 Å². The van der Waals surface area contributed by atoms with Crippen LogP contribution in [0.3, 0.4) is 0 Å². The van der Waals surface area contributed by atoms with E-state index in [4.69, 9.17) is 10.5 Å². The van der Waals surface area contributed by atoms with Crippen molar-refractivity contribution in [3.63, 3.8) is 0 Å². The number of nitrogens with two attached hydrogens (primary N) is 1. The molecule has 1 unspecified atom stereocenters. The lowest BCUT2D eigenvalue weighted by Crippen LogP contribution is -2.33. The Labute approximate surface area is 112 Å². The van der Waals surface area contributed by atoms with Gasteiger partial charge in [0.1, 0.15) is 5.75 Å². The highest BCUT2D eigenvalue weighted by Gasteiger charge is 2.27. The third-order valence-electron chi connectivity index (χ3n) is 3.34. The Balaban J connectivity index is 2.31. The molecule has 3 heteroatoms. The lowest BCUT2D eigenvalue weighted by Gasteiger charge is -2.27. The Morgan fingerprint density at radius 1 is 1.22 bits per heavy atom. The van der Waals surface area contributed by atoms with Gasteiger partial charge in [-0.25, -0.2) is 0 Å². The van der Waals surface area contributed by atoms with Crippen molar-refractivity contribution in [3.8, 4) is 5.75 Å². The molecule has 96 valence electrons. The molecule has 2 nitrogen and oxygen atoms in total. The predicted molar refractivity (Wildman–Crippen MR) is 77.4 cm³/mol. The average molecular weight is 261 g/mol. The lowest BCUT2D eigenvalue weighted by atomic mass is 9.82. The van der Waals surface area contributed by atoms with E-state index in [9.17, 15) is 0 Å². The molecule has 0 aliphatic carbocycles. The number of hydrogen-bond donors (Lipinski definition) is 1. The molecule has 1 heterocycles. The summed E-state index contributed by atoms with van der Waals surface area (Å²) >= 11 is 1.77. The molecule has 18 heavy (non-hydrogen) atoms. The quantitative estimate of drug-likeness (QED) is 0.897. The second kappa shape index (κ2) is 5.55. The Morgan fingerprint density at radius 2 is 2.00 bits per heavy atom. The Kier molecular flexibility index (Phi) is 4.04. The highest BCUT2D eigenvalue weighted by atomic mass is 32.1. The van der Waals surface area contributed by atoms with E-state index in [-0.39, 0.29) is 5.41 Å². The molecule has 0 aliphatic rings. The first-order chi connectivity index (χ1) is 8.69. The van der Waals surface area contributed by atoms with Gasteiger partial charge in [0.25, 0.3) is 0 Å². The SMILES string of the molecule is COc1ccccc1CC(C)(CN)c1cccs1. The van der Waals surface area contributed by atoms with E-state index < -0.39 is 0 Å². The molecule has 2 aromatic rings. The maximum absolute atomic E-state index is 6.00. The molecule has 0 spiro atoms. The standard InChI is InChI=1S/C15H19NOS/c1-15(11-16,14-8-5-9-18-14)10-12-6-3-4-7-13(12)17-2/h3-9H,10-11,16H2,1-2H3. The topological polar surface area (TPSA) is 35.2 Å². The second-order valence-electron chi connectivity index (χ2n) is 4.73. The Hall–Kier alpha value is -1.32. The summed E-state index contributed by atoms with van der Waals surface area (Å²) in [5.41, 5.74) is 7.19. The first kappa shape index (κ1) is 13.1. The van der Waals surface area contributed by atoms with Gasteiger partial charge in [-0.3, -0.25) is 0 Å². The van der Waals surface area contributed by atoms with Crippen molar-refractivity contribution >= 4 is 11.3 Å². The van der Waals surface area contributed by atoms with Crippen LogP contribution in [0.4, 0.5) is 0 Å². The molecule has 1 atom stereocenters. The van der Waals surface area contributed by atoms with Crippen molar-refractivity contribution in [3.05, 3.63) is 52.2 Å². The van der Waals surface area contributed by atoms with Gasteiger partial charge >= 0.3 is 0 Å². The third-order valence-corrected chi connectivity index (χ3v) is 4.52. The number of para-hydroxylation sites is 1. The van der Waals surface area contributed by atoms with Crippen molar-refractivity contribution in [2.45, 2.75) is 18.8 Å². The van der Waals surface area contributed by atoms with E-state index in [1.807, 2.05) is 18.2 Å². The summed E-state index contributed by atoms with van der Waals surface area (Å²) in [7, 11) is 1.71. The summed E-state index contributed by atoms with van der Waals surface area (Å²) in [5, 5.41) is 2.10. The van der Waals surface area contributed by atoms with Crippen LogP contribution in [-0.2, 0) is 11.8 Å². The minimum Gasteiger partial charge on any atom is -0.496 e. The van der Waals surface area contributed by atoms with Crippen molar-refractivity contribution in [1.29, 1.82) is 0 Å². The van der Waals surface area contributed by atoms with Crippen molar-refractivity contribution in [2.75, 3.05) is 13.7 Å². The van der Waals surface area contributed by atoms with E-state index in [1.54, 1.807) is 18.4 Å². The molecular formula is C15H19NOS. The highest BCUT2D eigenvalue weighted by molar-refractivity contribution is 7.10. The predicted octanol–water partition coefficient (Wildman–Crippen LogP) is 3.22. The van der Waals surface area contributed by atoms with Crippen molar-refractivity contribution in [2.24, 2.45) is 5.73 Å². The zero-order valence-corrected chi connectivity index (χ0v) is 11.7. The first-order valence-corrected chi connectivity index (χ1v) is 6.93. The number of rotatable bonds is 5. The summed E-state index contributed by atoms with van der Waals surface area (Å²) in [6, 6.07) is 12.4. The van der Waals surface area contributed by atoms with Crippen LogP contribution < -0.4 is 10.5 Å². The maximum Gasteiger partial charge on any atom is 0.122 e. The summed E-state index contributed by atoms with van der Waals surface area (Å²) in [5.74, 6) is 0.939. The van der Waals surface area contributed by atoms with E-state index in [1.165, 1.54) is 10.4 Å². The molecule has 1 aromatic carbocycles. The van der Waals surface area contributed by atoms with Gasteiger partial charge in [-0.15, -0.1) is 11.3 Å². The number of hydrogen-bond acceptors (Lipinski definition) is 3. The highest BCUT2D eigenvalue weighted by Crippen LogP contribution is 2.33. The zero-order valence-electron chi connectivity index (χ0n) is 10.8. The fraction of sp³-hybridized carbons (Fsp3) is 0.333. The minimum absolute atomic E-state index is 0.0250. The van der Waals surface area contributed by atoms with Crippen molar-refractivity contribution in [1.82, 2.24) is 0 Å². The monoisotopic (exact) mass is 261 g/mol. The van der Waals surface area contributed by atoms with Crippen LogP contribution in [0.2, 0.25) is 0 Å². The van der Waals surface area contributed by atoms with Crippen LogP contribution >= 0.6 is 11.3 Å². The van der Waals surface area contributed by atoms with Crippen LogP contribution in [-0.4, -0.2) is 13.7 Å². The molecule has 0 amide bonds. The second-order valence-corrected chi connectivity index (χ2v) is 5.68. The molecule has 0 radical (unpaired) electrons. The maximum atomic E-state index is 6.00. The molecule has 0 fully saturated rings. The Bertz CT molecular complexity index is 495. The molecule has 0 bridgehead atoms. The molecule has 0 saturated carbocycles. The van der Waals surface area contributed by atoms with Gasteiger partial charge in [0.05, 0.1) is 7.11 Å². The van der Waals surface area contributed by atoms with Gasteiger partial charge in [0.2, 0.25) is 0 Å². The van der Waals surface area contributed by atoms with Crippen LogP contribution in [0.25, 0.3) is 0 Å². The minimum atomic E-state index is -0.0250. The molecule has 0 aliphatic heterocycles. The van der Waals surface area contributed by atoms with Gasteiger partial charge < -0.3 is 10.5 Å². The summed E-state index contributed by atoms with van der Waals surface area (Å²) in [6.07, 6.45) is 0.897. The molecule has 2 N–H and O–H groups in total. The van der Waals surface area contributed by atoms with Crippen LogP contribution in [0.1, 0.15) is 17.4 Å². The van der Waals surface area contributed by atoms with Crippen LogP contribution in [0, 0.1) is 0 Å². The number of benzene rings is 1. The van der Waals surface area contributed by atoms with Crippen molar-refractivity contribution < 1.29 is 4.74 Å². The smallest absolute Gasteiger partial charge is 0.122 e. The summed E-state index contributed by atoms with van der Waals surface area (Å²) in [4.78, 5) is 1.33. The first-order valence-electron chi connectivity index (χ1n) is 6.05. The third kappa shape index (κ3) is 2.57. The number of methoxy groups -OCH3 is 1. The summed E-state index contributed by atoms with van der Waals surface area (Å²) in [6.45, 7) is 2.84. The lowest BCUT2D eigenvalue weighted by molar-refractivity contribution is 0.400. The molecule has 2 rings (SSSR count). The van der Waals surface area contributed by atoms with Gasteiger partial charge in [-0.05, 0) is 29.5 Å². The van der Waals surface area contributed by atoms with Gasteiger partial charge in [0.15, 0.2) is 0 Å². The van der Waals surface area contributed by atoms with Gasteiger partial charge in [-0.2, -0.15) is 0 Å². The fourth-order valence-corrected chi connectivity index (χ4v) is 3.05. The van der Waals surface area contributed by atoms with Gasteiger partial charge in [-0.1, -0.05) is 31.2 Å². The normalized spacial score (nSPS) is 14.2. The van der Waals surface area contributed by atoms with E-state index in [0.717, 1.165) is 12.2 Å². The number of ether oxygens (including phenoxy) is 1. The molecule has 1 aromatic heterocycles.